The molecule has 1 aliphatic rings. The third kappa shape index (κ3) is 4.73. The number of carbonyl (C=O) groups excluding carboxylic acids is 1. The van der Waals surface area contributed by atoms with Crippen LogP contribution >= 0.6 is 0 Å². The number of rotatable bonds is 5. The Kier molecular flexibility index (Phi) is 5.56. The Balaban J connectivity index is 1.55. The lowest BCUT2D eigenvalue weighted by Crippen LogP contribution is -2.36. The normalized spacial score (nSPS) is 15.5. The van der Waals surface area contributed by atoms with Crippen LogP contribution in [-0.4, -0.2) is 38.3 Å². The van der Waals surface area contributed by atoms with Crippen LogP contribution in [0.4, 0.5) is 17.1 Å². The lowest BCUT2D eigenvalue weighted by atomic mass is 10.2. The van der Waals surface area contributed by atoms with Gasteiger partial charge in [-0.15, -0.1) is 0 Å². The maximum absolute atomic E-state index is 12.4. The molecule has 5 heteroatoms. The molecule has 0 aliphatic carbocycles. The first kappa shape index (κ1) is 17.3. The number of amides is 1. The minimum Gasteiger partial charge on any atom is -0.378 e. The van der Waals surface area contributed by atoms with Gasteiger partial charge in [0.05, 0.1) is 13.2 Å². The van der Waals surface area contributed by atoms with E-state index >= 15 is 0 Å². The Bertz CT molecular complexity index is 692. The smallest absolute Gasteiger partial charge is 0.246 e. The maximum atomic E-state index is 12.4. The molecule has 0 bridgehead atoms. The molecular weight excluding hydrogens is 314 g/mol. The van der Waals surface area contributed by atoms with Crippen molar-refractivity contribution in [3.8, 4) is 0 Å². The predicted molar refractivity (Wildman–Crippen MR) is 102 cm³/mol. The monoisotopic (exact) mass is 339 g/mol. The first-order valence-corrected chi connectivity index (χ1v) is 8.68. The lowest BCUT2D eigenvalue weighted by Gasteiger charge is -2.29. The van der Waals surface area contributed by atoms with E-state index in [-0.39, 0.29) is 11.9 Å². The molecule has 5 nitrogen and oxygen atoms in total. The van der Waals surface area contributed by atoms with Crippen LogP contribution in [0.2, 0.25) is 0 Å². The van der Waals surface area contributed by atoms with Crippen LogP contribution in [0, 0.1) is 6.92 Å². The molecule has 2 aromatic rings. The molecule has 1 aliphatic heterocycles. The van der Waals surface area contributed by atoms with Crippen molar-refractivity contribution in [1.29, 1.82) is 0 Å². The zero-order chi connectivity index (χ0) is 17.6. The Morgan fingerprint density at radius 1 is 1.00 bits per heavy atom. The van der Waals surface area contributed by atoms with Crippen LogP contribution in [-0.2, 0) is 9.53 Å². The molecule has 0 radical (unpaired) electrons. The third-order valence-corrected chi connectivity index (χ3v) is 4.34. The Morgan fingerprint density at radius 3 is 2.24 bits per heavy atom. The Labute approximate surface area is 149 Å². The second-order valence-electron chi connectivity index (χ2n) is 6.37. The van der Waals surface area contributed by atoms with Gasteiger partial charge in [-0.25, -0.2) is 0 Å². The standard InChI is InChI=1S/C20H25N3O2/c1-15-3-5-17(6-4-15)21-16(2)20(24)22-18-7-9-19(10-8-18)23-11-13-25-14-12-23/h3-10,16,21H,11-14H2,1-2H3,(H,22,24)/t16-/m0/s1. The van der Waals surface area contributed by atoms with Crippen LogP contribution < -0.4 is 15.5 Å². The molecule has 1 atom stereocenters. The van der Waals surface area contributed by atoms with E-state index in [0.29, 0.717) is 0 Å². The van der Waals surface area contributed by atoms with Crippen LogP contribution in [0.25, 0.3) is 0 Å². The summed E-state index contributed by atoms with van der Waals surface area (Å²) in [7, 11) is 0. The highest BCUT2D eigenvalue weighted by molar-refractivity contribution is 5.96. The Morgan fingerprint density at radius 2 is 1.60 bits per heavy atom. The topological polar surface area (TPSA) is 53.6 Å². The van der Waals surface area contributed by atoms with Gasteiger partial charge in [-0.2, -0.15) is 0 Å². The molecule has 1 heterocycles. The van der Waals surface area contributed by atoms with E-state index in [1.807, 2.05) is 62.4 Å². The highest BCUT2D eigenvalue weighted by atomic mass is 16.5. The van der Waals surface area contributed by atoms with Crippen molar-refractivity contribution in [1.82, 2.24) is 0 Å². The van der Waals surface area contributed by atoms with Crippen LogP contribution in [0.3, 0.4) is 0 Å². The minimum atomic E-state index is -0.318. The molecule has 25 heavy (non-hydrogen) atoms. The second-order valence-corrected chi connectivity index (χ2v) is 6.37. The van der Waals surface area contributed by atoms with Gasteiger partial charge in [0.25, 0.3) is 0 Å². The molecule has 0 spiro atoms. The molecule has 2 N–H and O–H groups in total. The first-order chi connectivity index (χ1) is 12.1. The van der Waals surface area contributed by atoms with E-state index < -0.39 is 0 Å². The van der Waals surface area contributed by atoms with Crippen LogP contribution in [0.5, 0.6) is 0 Å². The zero-order valence-corrected chi connectivity index (χ0v) is 14.8. The van der Waals surface area contributed by atoms with Crippen molar-refractivity contribution in [3.63, 3.8) is 0 Å². The SMILES string of the molecule is Cc1ccc(N[C@@H](C)C(=O)Nc2ccc(N3CCOCC3)cc2)cc1. The zero-order valence-electron chi connectivity index (χ0n) is 14.8. The summed E-state index contributed by atoms with van der Waals surface area (Å²) in [5, 5.41) is 6.18. The molecule has 0 unspecified atom stereocenters. The van der Waals surface area contributed by atoms with E-state index in [0.717, 1.165) is 43.4 Å². The Hall–Kier alpha value is -2.53. The third-order valence-electron chi connectivity index (χ3n) is 4.34. The largest absolute Gasteiger partial charge is 0.378 e. The average molecular weight is 339 g/mol. The number of nitrogens with one attached hydrogen (secondary N) is 2. The molecular formula is C20H25N3O2. The fourth-order valence-corrected chi connectivity index (χ4v) is 2.79. The highest BCUT2D eigenvalue weighted by Crippen LogP contribution is 2.19. The number of nitrogens with zero attached hydrogens (tertiary/aromatic N) is 1. The first-order valence-electron chi connectivity index (χ1n) is 8.68. The number of anilines is 3. The molecule has 0 saturated carbocycles. The number of morpholine rings is 1. The predicted octanol–water partition coefficient (Wildman–Crippen LogP) is 3.27. The van der Waals surface area contributed by atoms with Crippen molar-refractivity contribution in [2.24, 2.45) is 0 Å². The highest BCUT2D eigenvalue weighted by Gasteiger charge is 2.14. The van der Waals surface area contributed by atoms with Gasteiger partial charge in [0.15, 0.2) is 0 Å². The van der Waals surface area contributed by atoms with Crippen molar-refractivity contribution in [2.75, 3.05) is 41.8 Å². The van der Waals surface area contributed by atoms with Gasteiger partial charge in [-0.3, -0.25) is 4.79 Å². The minimum absolute atomic E-state index is 0.0558. The number of ether oxygens (including phenoxy) is 1. The summed E-state index contributed by atoms with van der Waals surface area (Å²) in [6.07, 6.45) is 0. The van der Waals surface area contributed by atoms with E-state index in [2.05, 4.69) is 15.5 Å². The molecule has 0 aromatic heterocycles. The summed E-state index contributed by atoms with van der Waals surface area (Å²) in [4.78, 5) is 14.7. The molecule has 1 amide bonds. The van der Waals surface area contributed by atoms with Crippen LogP contribution in [0.1, 0.15) is 12.5 Å². The van der Waals surface area contributed by atoms with E-state index in [4.69, 9.17) is 4.74 Å². The summed E-state index contributed by atoms with van der Waals surface area (Å²) in [6, 6.07) is 15.7. The maximum Gasteiger partial charge on any atom is 0.246 e. The van der Waals surface area contributed by atoms with E-state index in [9.17, 15) is 4.79 Å². The number of aryl methyl sites for hydroxylation is 1. The fourth-order valence-electron chi connectivity index (χ4n) is 2.79. The van der Waals surface area contributed by atoms with Crippen molar-refractivity contribution < 1.29 is 9.53 Å². The summed E-state index contributed by atoms with van der Waals surface area (Å²) >= 11 is 0. The van der Waals surface area contributed by atoms with Gasteiger partial charge < -0.3 is 20.3 Å². The van der Waals surface area contributed by atoms with Gasteiger partial charge >= 0.3 is 0 Å². The summed E-state index contributed by atoms with van der Waals surface area (Å²) in [5.74, 6) is -0.0558. The number of hydrogen-bond donors (Lipinski definition) is 2. The van der Waals surface area contributed by atoms with Gasteiger partial charge in [0.2, 0.25) is 5.91 Å². The van der Waals surface area contributed by atoms with Crippen molar-refractivity contribution >= 4 is 23.0 Å². The van der Waals surface area contributed by atoms with Gasteiger partial charge in [-0.1, -0.05) is 17.7 Å². The molecule has 132 valence electrons. The van der Waals surface area contributed by atoms with Gasteiger partial charge in [0, 0.05) is 30.2 Å². The average Bonchev–Trinajstić information content (AvgIpc) is 2.65. The van der Waals surface area contributed by atoms with Crippen molar-refractivity contribution in [3.05, 3.63) is 54.1 Å². The van der Waals surface area contributed by atoms with Gasteiger partial charge in [-0.05, 0) is 50.2 Å². The van der Waals surface area contributed by atoms with Crippen molar-refractivity contribution in [2.45, 2.75) is 19.9 Å². The molecule has 1 saturated heterocycles. The molecule has 3 rings (SSSR count). The summed E-state index contributed by atoms with van der Waals surface area (Å²) in [6.45, 7) is 7.24. The fraction of sp³-hybridized carbons (Fsp3) is 0.350. The number of benzene rings is 2. The quantitative estimate of drug-likeness (QED) is 0.878. The second kappa shape index (κ2) is 8.03. The van der Waals surface area contributed by atoms with Crippen LogP contribution in [0.15, 0.2) is 48.5 Å². The van der Waals surface area contributed by atoms with Gasteiger partial charge in [0.1, 0.15) is 6.04 Å². The lowest BCUT2D eigenvalue weighted by molar-refractivity contribution is -0.116. The summed E-state index contributed by atoms with van der Waals surface area (Å²) in [5.41, 5.74) is 4.10. The van der Waals surface area contributed by atoms with E-state index in [1.165, 1.54) is 5.56 Å². The van der Waals surface area contributed by atoms with E-state index in [1.54, 1.807) is 0 Å². The molecule has 1 fully saturated rings. The summed E-state index contributed by atoms with van der Waals surface area (Å²) < 4.78 is 5.37. The molecule has 2 aromatic carbocycles. The number of hydrogen-bond acceptors (Lipinski definition) is 4. The number of carbonyl (C=O) groups is 1.